The fourth-order valence-corrected chi connectivity index (χ4v) is 1.60. The van der Waals surface area contributed by atoms with Crippen LogP contribution in [0.2, 0.25) is 0 Å². The van der Waals surface area contributed by atoms with E-state index in [1.54, 1.807) is 19.2 Å². The smallest absolute Gasteiger partial charge is 0.258 e. The Labute approximate surface area is 99.4 Å². The number of amides is 1. The molecule has 1 atom stereocenters. The van der Waals surface area contributed by atoms with Crippen molar-refractivity contribution in [1.82, 2.24) is 4.98 Å². The highest BCUT2D eigenvalue weighted by Crippen LogP contribution is 2.22. The lowest BCUT2D eigenvalue weighted by molar-refractivity contribution is -0.123. The van der Waals surface area contributed by atoms with Crippen molar-refractivity contribution in [2.24, 2.45) is 5.73 Å². The summed E-state index contributed by atoms with van der Waals surface area (Å²) in [5.41, 5.74) is 7.17. The van der Waals surface area contributed by atoms with Crippen LogP contribution in [0.5, 0.6) is 5.75 Å². The maximum Gasteiger partial charge on any atom is 0.258 e. The third-order valence-corrected chi connectivity index (χ3v) is 2.64. The van der Waals surface area contributed by atoms with Gasteiger partial charge in [-0.25, -0.2) is 0 Å². The van der Waals surface area contributed by atoms with E-state index in [1.165, 1.54) is 0 Å². The molecule has 0 spiro atoms. The third-order valence-electron chi connectivity index (χ3n) is 2.64. The molecule has 1 aromatic carbocycles. The molecule has 1 unspecified atom stereocenters. The standard InChI is InChI=1S/C13H14N2O2/c1-8-5-6-15-12-4-3-10(7-11(8)12)17-9(2)13(14)16/h3-7,9H,1-2H3,(H2,14,16). The van der Waals surface area contributed by atoms with Crippen molar-refractivity contribution < 1.29 is 9.53 Å². The topological polar surface area (TPSA) is 65.2 Å². The summed E-state index contributed by atoms with van der Waals surface area (Å²) in [4.78, 5) is 15.2. The normalized spacial score (nSPS) is 12.4. The summed E-state index contributed by atoms with van der Waals surface area (Å²) in [6.45, 7) is 3.63. The number of nitrogens with two attached hydrogens (primary N) is 1. The van der Waals surface area contributed by atoms with Crippen LogP contribution in [0.15, 0.2) is 30.5 Å². The van der Waals surface area contributed by atoms with Gasteiger partial charge in [0.25, 0.3) is 5.91 Å². The van der Waals surface area contributed by atoms with E-state index in [2.05, 4.69) is 4.98 Å². The van der Waals surface area contributed by atoms with E-state index < -0.39 is 12.0 Å². The minimum Gasteiger partial charge on any atom is -0.481 e. The lowest BCUT2D eigenvalue weighted by Gasteiger charge is -2.12. The Balaban J connectivity index is 2.37. The number of benzene rings is 1. The summed E-state index contributed by atoms with van der Waals surface area (Å²) >= 11 is 0. The Morgan fingerprint density at radius 1 is 1.41 bits per heavy atom. The van der Waals surface area contributed by atoms with Gasteiger partial charge in [-0.05, 0) is 43.7 Å². The summed E-state index contributed by atoms with van der Waals surface area (Å²) in [6, 6.07) is 7.46. The first-order chi connectivity index (χ1) is 8.08. The number of nitrogens with zero attached hydrogens (tertiary/aromatic N) is 1. The Morgan fingerprint density at radius 3 is 2.88 bits per heavy atom. The summed E-state index contributed by atoms with van der Waals surface area (Å²) in [5.74, 6) is 0.146. The maximum absolute atomic E-state index is 10.9. The molecule has 0 bridgehead atoms. The molecule has 88 valence electrons. The van der Waals surface area contributed by atoms with Gasteiger partial charge in [0.1, 0.15) is 5.75 Å². The van der Waals surface area contributed by atoms with Crippen molar-refractivity contribution in [3.05, 3.63) is 36.0 Å². The molecule has 1 amide bonds. The molecule has 0 aliphatic heterocycles. The number of carbonyl (C=O) groups excluding carboxylic acids is 1. The SMILES string of the molecule is Cc1ccnc2ccc(OC(C)C(N)=O)cc12. The molecule has 2 aromatic rings. The number of ether oxygens (including phenoxy) is 1. The van der Waals surface area contributed by atoms with Crippen LogP contribution in [0.4, 0.5) is 0 Å². The van der Waals surface area contributed by atoms with Crippen molar-refractivity contribution in [1.29, 1.82) is 0 Å². The van der Waals surface area contributed by atoms with Gasteiger partial charge in [-0.2, -0.15) is 0 Å². The van der Waals surface area contributed by atoms with Crippen LogP contribution >= 0.6 is 0 Å². The van der Waals surface area contributed by atoms with Crippen LogP contribution in [0, 0.1) is 6.92 Å². The van der Waals surface area contributed by atoms with Crippen molar-refractivity contribution in [3.8, 4) is 5.75 Å². The number of hydrogen-bond donors (Lipinski definition) is 1. The van der Waals surface area contributed by atoms with Gasteiger partial charge < -0.3 is 10.5 Å². The average molecular weight is 230 g/mol. The molecule has 0 aliphatic rings. The molecule has 17 heavy (non-hydrogen) atoms. The first-order valence-electron chi connectivity index (χ1n) is 5.39. The van der Waals surface area contributed by atoms with Gasteiger partial charge in [0.2, 0.25) is 0 Å². The predicted molar refractivity (Wildman–Crippen MR) is 65.8 cm³/mol. The minimum absolute atomic E-state index is 0.479. The van der Waals surface area contributed by atoms with E-state index in [0.717, 1.165) is 16.5 Å². The van der Waals surface area contributed by atoms with Gasteiger partial charge in [0.15, 0.2) is 6.10 Å². The van der Waals surface area contributed by atoms with E-state index in [9.17, 15) is 4.79 Å². The Hall–Kier alpha value is -2.10. The van der Waals surface area contributed by atoms with Gasteiger partial charge in [0.05, 0.1) is 5.52 Å². The second-order valence-corrected chi connectivity index (χ2v) is 3.97. The largest absolute Gasteiger partial charge is 0.481 e. The average Bonchev–Trinajstić information content (AvgIpc) is 2.30. The number of pyridine rings is 1. The summed E-state index contributed by atoms with van der Waals surface area (Å²) in [6.07, 6.45) is 1.13. The van der Waals surface area contributed by atoms with Crippen molar-refractivity contribution in [2.45, 2.75) is 20.0 Å². The van der Waals surface area contributed by atoms with Gasteiger partial charge in [-0.1, -0.05) is 0 Å². The second kappa shape index (κ2) is 4.41. The molecular formula is C13H14N2O2. The predicted octanol–water partition coefficient (Wildman–Crippen LogP) is 1.80. The molecule has 0 saturated carbocycles. The molecule has 1 aromatic heterocycles. The zero-order valence-electron chi connectivity index (χ0n) is 9.81. The summed E-state index contributed by atoms with van der Waals surface area (Å²) < 4.78 is 5.44. The fourth-order valence-electron chi connectivity index (χ4n) is 1.60. The number of rotatable bonds is 3. The van der Waals surface area contributed by atoms with Gasteiger partial charge >= 0.3 is 0 Å². The lowest BCUT2D eigenvalue weighted by Crippen LogP contribution is -2.30. The van der Waals surface area contributed by atoms with Gasteiger partial charge in [0, 0.05) is 11.6 Å². The zero-order chi connectivity index (χ0) is 12.4. The number of fused-ring (bicyclic) bond motifs is 1. The van der Waals surface area contributed by atoms with E-state index in [-0.39, 0.29) is 0 Å². The monoisotopic (exact) mass is 230 g/mol. The third kappa shape index (κ3) is 2.36. The quantitative estimate of drug-likeness (QED) is 0.874. The molecule has 0 radical (unpaired) electrons. The number of aromatic nitrogens is 1. The highest BCUT2D eigenvalue weighted by molar-refractivity contribution is 5.83. The molecule has 1 heterocycles. The van der Waals surface area contributed by atoms with Crippen LogP contribution in [-0.4, -0.2) is 17.0 Å². The highest BCUT2D eigenvalue weighted by Gasteiger charge is 2.10. The lowest BCUT2D eigenvalue weighted by atomic mass is 10.1. The van der Waals surface area contributed by atoms with Crippen LogP contribution in [0.25, 0.3) is 10.9 Å². The van der Waals surface area contributed by atoms with Crippen molar-refractivity contribution in [2.75, 3.05) is 0 Å². The Kier molecular flexibility index (Phi) is 2.95. The van der Waals surface area contributed by atoms with E-state index >= 15 is 0 Å². The summed E-state index contributed by atoms with van der Waals surface area (Å²) in [7, 11) is 0. The fraction of sp³-hybridized carbons (Fsp3) is 0.231. The Bertz CT molecular complexity index is 566. The second-order valence-electron chi connectivity index (χ2n) is 3.97. The molecule has 4 nitrogen and oxygen atoms in total. The maximum atomic E-state index is 10.9. The van der Waals surface area contributed by atoms with Crippen molar-refractivity contribution in [3.63, 3.8) is 0 Å². The molecule has 0 aliphatic carbocycles. The van der Waals surface area contributed by atoms with Crippen molar-refractivity contribution >= 4 is 16.8 Å². The zero-order valence-corrected chi connectivity index (χ0v) is 9.81. The molecule has 4 heteroatoms. The van der Waals surface area contributed by atoms with Gasteiger partial charge in [-0.15, -0.1) is 0 Å². The van der Waals surface area contributed by atoms with Gasteiger partial charge in [-0.3, -0.25) is 9.78 Å². The number of aryl methyl sites for hydroxylation is 1. The molecule has 2 N–H and O–H groups in total. The highest BCUT2D eigenvalue weighted by atomic mass is 16.5. The Morgan fingerprint density at radius 2 is 2.18 bits per heavy atom. The molecular weight excluding hydrogens is 216 g/mol. The van der Waals surface area contributed by atoms with Crippen LogP contribution in [0.3, 0.4) is 0 Å². The van der Waals surface area contributed by atoms with E-state index in [4.69, 9.17) is 10.5 Å². The van der Waals surface area contributed by atoms with E-state index in [0.29, 0.717) is 5.75 Å². The molecule has 0 saturated heterocycles. The number of primary amides is 1. The number of hydrogen-bond acceptors (Lipinski definition) is 3. The molecule has 2 rings (SSSR count). The first kappa shape index (κ1) is 11.4. The van der Waals surface area contributed by atoms with Crippen LogP contribution in [-0.2, 0) is 4.79 Å². The van der Waals surface area contributed by atoms with Crippen LogP contribution in [0.1, 0.15) is 12.5 Å². The van der Waals surface area contributed by atoms with Crippen LogP contribution < -0.4 is 10.5 Å². The van der Waals surface area contributed by atoms with E-state index in [1.807, 2.05) is 25.1 Å². The minimum atomic E-state index is -0.635. The number of carbonyl (C=O) groups is 1. The first-order valence-corrected chi connectivity index (χ1v) is 5.39. The summed E-state index contributed by atoms with van der Waals surface area (Å²) in [5, 5.41) is 1.02. The molecule has 0 fully saturated rings.